The largest absolute Gasteiger partial charge is 0.460 e. The SMILES string of the molecule is C=C(C)C(=O)OCCOC1CCC(C#CC2CCC(C#CC3CCC(OCCOC(=O)C(=C)C)CC3)NC2)CC1. The normalized spacial score (nSPS) is 28.1. The molecule has 7 nitrogen and oxygen atoms in total. The van der Waals surface area contributed by atoms with Crippen molar-refractivity contribution in [2.75, 3.05) is 33.0 Å². The zero-order valence-electron chi connectivity index (χ0n) is 24.4. The van der Waals surface area contributed by atoms with E-state index in [4.69, 9.17) is 18.9 Å². The topological polar surface area (TPSA) is 83.1 Å². The van der Waals surface area contributed by atoms with Gasteiger partial charge in [0.05, 0.1) is 31.5 Å². The third-order valence-corrected chi connectivity index (χ3v) is 7.75. The van der Waals surface area contributed by atoms with Gasteiger partial charge in [-0.15, -0.1) is 0 Å². The molecule has 0 aromatic heterocycles. The Balaban J connectivity index is 1.24. The molecule has 1 saturated heterocycles. The highest BCUT2D eigenvalue weighted by molar-refractivity contribution is 5.87. The minimum Gasteiger partial charge on any atom is -0.460 e. The first-order chi connectivity index (χ1) is 19.3. The fraction of sp³-hybridized carbons (Fsp3) is 0.697. The van der Waals surface area contributed by atoms with E-state index in [1.54, 1.807) is 13.8 Å². The van der Waals surface area contributed by atoms with E-state index < -0.39 is 0 Å². The second-order valence-corrected chi connectivity index (χ2v) is 11.3. The Morgan fingerprint density at radius 2 is 1.05 bits per heavy atom. The van der Waals surface area contributed by atoms with Crippen LogP contribution in [0.5, 0.6) is 0 Å². The lowest BCUT2D eigenvalue weighted by atomic mass is 9.86. The van der Waals surface area contributed by atoms with Gasteiger partial charge in [0, 0.05) is 35.4 Å². The Bertz CT molecular complexity index is 894. The van der Waals surface area contributed by atoms with Gasteiger partial charge in [-0.25, -0.2) is 9.59 Å². The molecule has 2 aliphatic carbocycles. The molecule has 0 aromatic rings. The van der Waals surface area contributed by atoms with Gasteiger partial charge in [-0.2, -0.15) is 0 Å². The summed E-state index contributed by atoms with van der Waals surface area (Å²) in [7, 11) is 0. The van der Waals surface area contributed by atoms with Crippen molar-refractivity contribution in [2.24, 2.45) is 17.8 Å². The van der Waals surface area contributed by atoms with Crippen LogP contribution in [0.1, 0.15) is 78.1 Å². The molecule has 3 rings (SSSR count). The molecular formula is C33H47NO6. The number of ether oxygens (including phenoxy) is 4. The van der Waals surface area contributed by atoms with Crippen LogP contribution in [0.2, 0.25) is 0 Å². The maximum atomic E-state index is 11.4. The first-order valence-electron chi connectivity index (χ1n) is 14.9. The highest BCUT2D eigenvalue weighted by atomic mass is 16.6. The Labute approximate surface area is 240 Å². The quantitative estimate of drug-likeness (QED) is 0.181. The summed E-state index contributed by atoms with van der Waals surface area (Å²) < 4.78 is 21.9. The average molecular weight is 554 g/mol. The standard InChI is InChI=1S/C33H47NO6/c1-24(2)32(35)39-21-19-37-30-15-9-26(10-16-30)5-6-28-8-14-29(34-23-28)13-7-27-11-17-31(18-12-27)38-20-22-40-33(36)25(3)4/h26-31,34H,1,3,8-12,14-23H2,2,4H3. The summed E-state index contributed by atoms with van der Waals surface area (Å²) in [6.07, 6.45) is 10.9. The first-order valence-corrected chi connectivity index (χ1v) is 14.9. The zero-order valence-corrected chi connectivity index (χ0v) is 24.4. The minimum atomic E-state index is -0.361. The van der Waals surface area contributed by atoms with Crippen molar-refractivity contribution in [3.05, 3.63) is 24.3 Å². The van der Waals surface area contributed by atoms with Gasteiger partial charge in [-0.3, -0.25) is 0 Å². The van der Waals surface area contributed by atoms with Crippen molar-refractivity contribution in [3.8, 4) is 23.7 Å². The number of nitrogens with one attached hydrogen (secondary N) is 1. The van der Waals surface area contributed by atoms with Crippen LogP contribution in [0.4, 0.5) is 0 Å². The lowest BCUT2D eigenvalue weighted by molar-refractivity contribution is -0.142. The Morgan fingerprint density at radius 3 is 1.48 bits per heavy atom. The second kappa shape index (κ2) is 17.3. The molecule has 2 saturated carbocycles. The van der Waals surface area contributed by atoms with Crippen molar-refractivity contribution in [1.82, 2.24) is 5.32 Å². The summed E-state index contributed by atoms with van der Waals surface area (Å²) in [5.41, 5.74) is 0.823. The van der Waals surface area contributed by atoms with E-state index in [0.717, 1.165) is 70.8 Å². The van der Waals surface area contributed by atoms with E-state index in [1.165, 1.54) is 0 Å². The summed E-state index contributed by atoms with van der Waals surface area (Å²) in [5.74, 6) is 14.6. The molecule has 1 aliphatic heterocycles. The predicted octanol–water partition coefficient (Wildman–Crippen LogP) is 4.75. The third kappa shape index (κ3) is 11.9. The number of carbonyl (C=O) groups excluding carboxylic acids is 2. The summed E-state index contributed by atoms with van der Waals surface area (Å²) in [4.78, 5) is 22.8. The van der Waals surface area contributed by atoms with Crippen LogP contribution < -0.4 is 5.32 Å². The third-order valence-electron chi connectivity index (χ3n) is 7.75. The van der Waals surface area contributed by atoms with Crippen LogP contribution in [0.15, 0.2) is 24.3 Å². The van der Waals surface area contributed by atoms with Crippen molar-refractivity contribution < 1.29 is 28.5 Å². The van der Waals surface area contributed by atoms with E-state index in [1.807, 2.05) is 0 Å². The Hall–Kier alpha value is -2.58. The van der Waals surface area contributed by atoms with Crippen LogP contribution in [0, 0.1) is 41.4 Å². The molecular weight excluding hydrogens is 506 g/mol. The van der Waals surface area contributed by atoms with Gasteiger partial charge in [0.2, 0.25) is 0 Å². The molecule has 3 fully saturated rings. The van der Waals surface area contributed by atoms with Crippen molar-refractivity contribution in [1.29, 1.82) is 0 Å². The molecule has 0 bridgehead atoms. The fourth-order valence-corrected chi connectivity index (χ4v) is 5.25. The first kappa shape index (κ1) is 31.9. The van der Waals surface area contributed by atoms with E-state index in [2.05, 4.69) is 42.2 Å². The molecule has 0 amide bonds. The van der Waals surface area contributed by atoms with E-state index >= 15 is 0 Å². The molecule has 0 aromatic carbocycles. The van der Waals surface area contributed by atoms with E-state index in [9.17, 15) is 9.59 Å². The molecule has 0 radical (unpaired) electrons. The Kier molecular flexibility index (Phi) is 13.8. The molecule has 1 N–H and O–H groups in total. The number of hydrogen-bond acceptors (Lipinski definition) is 7. The molecule has 7 heteroatoms. The van der Waals surface area contributed by atoms with Crippen LogP contribution >= 0.6 is 0 Å². The number of hydrogen-bond donors (Lipinski definition) is 1. The summed E-state index contributed by atoms with van der Waals surface area (Å²) >= 11 is 0. The van der Waals surface area contributed by atoms with Crippen LogP contribution in [-0.2, 0) is 28.5 Å². The molecule has 2 atom stereocenters. The molecule has 220 valence electrons. The second-order valence-electron chi connectivity index (χ2n) is 11.3. The van der Waals surface area contributed by atoms with Crippen molar-refractivity contribution in [3.63, 3.8) is 0 Å². The minimum absolute atomic E-state index is 0.231. The van der Waals surface area contributed by atoms with Crippen LogP contribution in [0.25, 0.3) is 0 Å². The maximum absolute atomic E-state index is 11.4. The molecule has 3 aliphatic rings. The fourth-order valence-electron chi connectivity index (χ4n) is 5.25. The lowest BCUT2D eigenvalue weighted by Crippen LogP contribution is -2.37. The number of esters is 2. The smallest absolute Gasteiger partial charge is 0.333 e. The van der Waals surface area contributed by atoms with E-state index in [-0.39, 0.29) is 43.4 Å². The van der Waals surface area contributed by atoms with Gasteiger partial charge < -0.3 is 24.3 Å². The monoisotopic (exact) mass is 553 g/mol. The molecule has 40 heavy (non-hydrogen) atoms. The van der Waals surface area contributed by atoms with Gasteiger partial charge >= 0.3 is 11.9 Å². The van der Waals surface area contributed by atoms with Gasteiger partial charge in [0.15, 0.2) is 0 Å². The summed E-state index contributed by atoms with van der Waals surface area (Å²) in [6.45, 7) is 12.8. The molecule has 1 heterocycles. The molecule has 2 unspecified atom stereocenters. The van der Waals surface area contributed by atoms with Crippen molar-refractivity contribution >= 4 is 11.9 Å². The molecule has 0 spiro atoms. The van der Waals surface area contributed by atoms with Gasteiger partial charge in [0.1, 0.15) is 13.2 Å². The predicted molar refractivity (Wildman–Crippen MR) is 155 cm³/mol. The van der Waals surface area contributed by atoms with Gasteiger partial charge in [-0.05, 0) is 78.1 Å². The summed E-state index contributed by atoms with van der Waals surface area (Å²) in [5, 5.41) is 3.60. The number of rotatable bonds is 10. The van der Waals surface area contributed by atoms with Gasteiger partial charge in [0.25, 0.3) is 0 Å². The Morgan fingerprint density at radius 1 is 0.625 bits per heavy atom. The van der Waals surface area contributed by atoms with Crippen LogP contribution in [-0.4, -0.2) is 63.2 Å². The maximum Gasteiger partial charge on any atom is 0.333 e. The highest BCUT2D eigenvalue weighted by Crippen LogP contribution is 2.27. The summed E-state index contributed by atoms with van der Waals surface area (Å²) in [6, 6.07) is 0.261. The van der Waals surface area contributed by atoms with Crippen molar-refractivity contribution in [2.45, 2.75) is 96.3 Å². The average Bonchev–Trinajstić information content (AvgIpc) is 2.96. The van der Waals surface area contributed by atoms with Crippen LogP contribution in [0.3, 0.4) is 0 Å². The zero-order chi connectivity index (χ0) is 28.7. The van der Waals surface area contributed by atoms with Gasteiger partial charge in [-0.1, -0.05) is 36.8 Å². The highest BCUT2D eigenvalue weighted by Gasteiger charge is 2.23. The number of carbonyl (C=O) groups is 2. The number of piperidine rings is 1. The van der Waals surface area contributed by atoms with E-state index in [0.29, 0.717) is 42.1 Å². The lowest BCUT2D eigenvalue weighted by Gasteiger charge is -2.27.